The van der Waals surface area contributed by atoms with Gasteiger partial charge in [-0.2, -0.15) is 0 Å². The smallest absolute Gasteiger partial charge is 0.353 e. The number of hydrogen-bond acceptors (Lipinski definition) is 4. The Balaban J connectivity index is 1.74. The molecular formula is C32H38N2O5. The van der Waals surface area contributed by atoms with Gasteiger partial charge in [0.15, 0.2) is 0 Å². The molecule has 0 saturated carbocycles. The molecule has 1 unspecified atom stereocenters. The number of rotatable bonds is 13. The maximum atomic E-state index is 12.6. The van der Waals surface area contributed by atoms with Gasteiger partial charge in [0, 0.05) is 38.2 Å². The molecule has 0 aliphatic rings. The number of nitrogens with one attached hydrogen (secondary N) is 1. The number of benzene rings is 3. The molecule has 3 rings (SSSR count). The van der Waals surface area contributed by atoms with E-state index < -0.39 is 17.5 Å². The zero-order valence-corrected chi connectivity index (χ0v) is 23.0. The monoisotopic (exact) mass is 530 g/mol. The summed E-state index contributed by atoms with van der Waals surface area (Å²) >= 11 is 0. The zero-order chi connectivity index (χ0) is 28.3. The Hall–Kier alpha value is -4.13. The van der Waals surface area contributed by atoms with E-state index in [0.29, 0.717) is 17.7 Å². The second-order valence-electron chi connectivity index (χ2n) is 9.72. The van der Waals surface area contributed by atoms with Crippen molar-refractivity contribution in [1.82, 2.24) is 5.32 Å². The van der Waals surface area contributed by atoms with Gasteiger partial charge < -0.3 is 15.2 Å². The average molecular weight is 531 g/mol. The van der Waals surface area contributed by atoms with Crippen molar-refractivity contribution in [3.8, 4) is 11.1 Å². The van der Waals surface area contributed by atoms with Gasteiger partial charge in [0.2, 0.25) is 5.60 Å². The van der Waals surface area contributed by atoms with Crippen molar-refractivity contribution in [2.45, 2.75) is 58.0 Å². The van der Waals surface area contributed by atoms with Crippen LogP contribution in [-0.4, -0.2) is 36.7 Å². The van der Waals surface area contributed by atoms with Gasteiger partial charge in [0.1, 0.15) is 0 Å². The van der Waals surface area contributed by atoms with Crippen molar-refractivity contribution in [3.63, 3.8) is 0 Å². The summed E-state index contributed by atoms with van der Waals surface area (Å²) in [4.78, 5) is 38.5. The van der Waals surface area contributed by atoms with Crippen LogP contribution in [0.25, 0.3) is 11.1 Å². The van der Waals surface area contributed by atoms with Crippen LogP contribution < -0.4 is 10.2 Å². The minimum absolute atomic E-state index is 0.0202. The summed E-state index contributed by atoms with van der Waals surface area (Å²) in [5, 5.41) is 13.1. The molecule has 7 nitrogen and oxygen atoms in total. The van der Waals surface area contributed by atoms with E-state index in [0.717, 1.165) is 29.7 Å². The summed E-state index contributed by atoms with van der Waals surface area (Å²) in [6.07, 6.45) is 5.67. The normalized spacial score (nSPS) is 12.3. The molecule has 3 aromatic carbocycles. The minimum Gasteiger partial charge on any atom is -0.478 e. The number of aliphatic carboxylic acids is 1. The highest BCUT2D eigenvalue weighted by molar-refractivity contribution is 5.92. The summed E-state index contributed by atoms with van der Waals surface area (Å²) in [6, 6.07) is 23.5. The number of amides is 2. The van der Waals surface area contributed by atoms with Gasteiger partial charge in [-0.25, -0.2) is 9.59 Å². The molecule has 7 heteroatoms. The van der Waals surface area contributed by atoms with E-state index in [1.54, 1.807) is 42.3 Å². The molecule has 1 atom stereocenters. The molecule has 0 heterocycles. The first-order valence-electron chi connectivity index (χ1n) is 13.5. The molecule has 0 radical (unpaired) electrons. The Kier molecular flexibility index (Phi) is 10.7. The third kappa shape index (κ3) is 7.93. The lowest BCUT2D eigenvalue weighted by Crippen LogP contribution is -2.42. The average Bonchev–Trinajstić information content (AvgIpc) is 2.94. The molecule has 0 spiro atoms. The molecule has 3 aromatic rings. The highest BCUT2D eigenvalue weighted by Crippen LogP contribution is 2.32. The van der Waals surface area contributed by atoms with E-state index in [4.69, 9.17) is 4.74 Å². The van der Waals surface area contributed by atoms with Crippen molar-refractivity contribution < 1.29 is 24.2 Å². The van der Waals surface area contributed by atoms with Gasteiger partial charge >= 0.3 is 18.0 Å². The Bertz CT molecular complexity index is 1240. The number of nitrogens with zero attached hydrogens (tertiary/aromatic N) is 1. The molecule has 0 bridgehead atoms. The van der Waals surface area contributed by atoms with Crippen LogP contribution in [0.5, 0.6) is 0 Å². The maximum absolute atomic E-state index is 12.6. The van der Waals surface area contributed by atoms with Gasteiger partial charge in [-0.3, -0.25) is 9.69 Å². The Labute approximate surface area is 230 Å². The van der Waals surface area contributed by atoms with Crippen molar-refractivity contribution in [3.05, 3.63) is 90.0 Å². The molecule has 206 valence electrons. The summed E-state index contributed by atoms with van der Waals surface area (Å²) in [5.41, 5.74) is 1.87. The van der Waals surface area contributed by atoms with Crippen LogP contribution in [0.1, 0.15) is 57.1 Å². The number of carbonyl (C=O) groups is 3. The lowest BCUT2D eigenvalue weighted by molar-refractivity contribution is -0.179. The number of anilines is 1. The van der Waals surface area contributed by atoms with Gasteiger partial charge in [0.25, 0.3) is 0 Å². The van der Waals surface area contributed by atoms with Gasteiger partial charge in [-0.1, -0.05) is 99.3 Å². The SMILES string of the molecule is CCCCCCCNC(=O)N(C)c1cccc(-c2ccc(CC(OC(C)=O)(C(=O)O)c3ccccc3)cc2)c1. The van der Waals surface area contributed by atoms with Crippen molar-refractivity contribution in [1.29, 1.82) is 0 Å². The van der Waals surface area contributed by atoms with E-state index in [1.165, 1.54) is 26.2 Å². The van der Waals surface area contributed by atoms with E-state index in [2.05, 4.69) is 12.2 Å². The predicted molar refractivity (Wildman–Crippen MR) is 154 cm³/mol. The summed E-state index contributed by atoms with van der Waals surface area (Å²) < 4.78 is 5.44. The largest absolute Gasteiger partial charge is 0.478 e. The summed E-state index contributed by atoms with van der Waals surface area (Å²) in [6.45, 7) is 4.05. The van der Waals surface area contributed by atoms with Gasteiger partial charge in [-0.05, 0) is 35.2 Å². The fourth-order valence-electron chi connectivity index (χ4n) is 4.55. The topological polar surface area (TPSA) is 95.9 Å². The van der Waals surface area contributed by atoms with Crippen molar-refractivity contribution in [2.75, 3.05) is 18.5 Å². The first-order chi connectivity index (χ1) is 18.8. The van der Waals surface area contributed by atoms with E-state index in [1.807, 2.05) is 48.5 Å². The van der Waals surface area contributed by atoms with Crippen LogP contribution in [0, 0.1) is 0 Å². The standard InChI is InChI=1S/C32H38N2O5/c1-4-5-6-7-11-21-33-31(38)34(3)29-16-12-13-27(22-29)26-19-17-25(18-20-26)23-32(30(36)37,39-24(2)35)28-14-9-8-10-15-28/h8-10,12-20,22H,4-7,11,21,23H2,1-3H3,(H,33,38)(H,36,37). The molecule has 0 aliphatic heterocycles. The van der Waals surface area contributed by atoms with Crippen LogP contribution in [0.3, 0.4) is 0 Å². The molecule has 0 aliphatic carbocycles. The zero-order valence-electron chi connectivity index (χ0n) is 23.0. The fraction of sp³-hybridized carbons (Fsp3) is 0.344. The summed E-state index contributed by atoms with van der Waals surface area (Å²) in [7, 11) is 1.75. The van der Waals surface area contributed by atoms with Crippen molar-refractivity contribution in [2.24, 2.45) is 0 Å². The number of carbonyl (C=O) groups excluding carboxylic acids is 2. The lowest BCUT2D eigenvalue weighted by atomic mass is 9.86. The van der Waals surface area contributed by atoms with E-state index >= 15 is 0 Å². The van der Waals surface area contributed by atoms with E-state index in [-0.39, 0.29) is 12.5 Å². The fourth-order valence-corrected chi connectivity index (χ4v) is 4.55. The Morgan fingerprint density at radius 2 is 1.56 bits per heavy atom. The number of carboxylic acids is 1. The number of urea groups is 1. The summed E-state index contributed by atoms with van der Waals surface area (Å²) in [5.74, 6) is -1.90. The number of hydrogen-bond donors (Lipinski definition) is 2. The number of unbranched alkanes of at least 4 members (excludes halogenated alkanes) is 4. The molecule has 0 fully saturated rings. The first kappa shape index (κ1) is 29.4. The Morgan fingerprint density at radius 1 is 0.872 bits per heavy atom. The quantitative estimate of drug-likeness (QED) is 0.193. The molecule has 0 saturated heterocycles. The van der Waals surface area contributed by atoms with Crippen LogP contribution in [0.15, 0.2) is 78.9 Å². The first-order valence-corrected chi connectivity index (χ1v) is 13.5. The van der Waals surface area contributed by atoms with Crippen molar-refractivity contribution >= 4 is 23.7 Å². The molecule has 2 N–H and O–H groups in total. The highest BCUT2D eigenvalue weighted by Gasteiger charge is 2.44. The molecule has 39 heavy (non-hydrogen) atoms. The third-order valence-corrected chi connectivity index (χ3v) is 6.74. The van der Waals surface area contributed by atoms with E-state index in [9.17, 15) is 19.5 Å². The van der Waals surface area contributed by atoms with Crippen LogP contribution in [0.2, 0.25) is 0 Å². The molecule has 2 amide bonds. The Morgan fingerprint density at radius 3 is 2.21 bits per heavy atom. The second-order valence-corrected chi connectivity index (χ2v) is 9.72. The van der Waals surface area contributed by atoms with Crippen LogP contribution in [0.4, 0.5) is 10.5 Å². The number of ether oxygens (including phenoxy) is 1. The maximum Gasteiger partial charge on any atom is 0.353 e. The second kappa shape index (κ2) is 14.1. The molecular weight excluding hydrogens is 492 g/mol. The van der Waals surface area contributed by atoms with Crippen LogP contribution >= 0.6 is 0 Å². The predicted octanol–water partition coefficient (Wildman–Crippen LogP) is 6.56. The highest BCUT2D eigenvalue weighted by atomic mass is 16.6. The number of esters is 1. The minimum atomic E-state index is -1.83. The lowest BCUT2D eigenvalue weighted by Gasteiger charge is -2.29. The number of carboxylic acid groups (broad SMARTS) is 1. The van der Waals surface area contributed by atoms with Crippen LogP contribution in [-0.2, 0) is 26.3 Å². The van der Waals surface area contributed by atoms with Gasteiger partial charge in [-0.15, -0.1) is 0 Å². The van der Waals surface area contributed by atoms with Gasteiger partial charge in [0.05, 0.1) is 0 Å². The third-order valence-electron chi connectivity index (χ3n) is 6.74. The molecule has 0 aromatic heterocycles.